The molecule has 1 atom stereocenters. The molecule has 0 heterocycles. The third kappa shape index (κ3) is 3.22. The van der Waals surface area contributed by atoms with Gasteiger partial charge >= 0.3 is 0 Å². The Morgan fingerprint density at radius 2 is 1.94 bits per heavy atom. The summed E-state index contributed by atoms with van der Waals surface area (Å²) in [5.74, 6) is 0.364. The van der Waals surface area contributed by atoms with Gasteiger partial charge < -0.3 is 5.32 Å². The molecule has 0 spiro atoms. The van der Waals surface area contributed by atoms with Crippen molar-refractivity contribution in [2.75, 3.05) is 0 Å². The van der Waals surface area contributed by atoms with Gasteiger partial charge in [0.1, 0.15) is 0 Å². The van der Waals surface area contributed by atoms with Gasteiger partial charge in [-0.15, -0.1) is 0 Å². The smallest absolute Gasteiger partial charge is 0.223 e. The third-order valence-electron chi connectivity index (χ3n) is 3.83. The fourth-order valence-electron chi connectivity index (χ4n) is 2.40. The lowest BCUT2D eigenvalue weighted by molar-refractivity contribution is -0.125. The van der Waals surface area contributed by atoms with Crippen LogP contribution in [0.2, 0.25) is 0 Å². The summed E-state index contributed by atoms with van der Waals surface area (Å²) < 4.78 is 0. The highest BCUT2D eigenvalue weighted by Crippen LogP contribution is 2.28. The van der Waals surface area contributed by atoms with Crippen molar-refractivity contribution in [3.05, 3.63) is 47.0 Å². The molecule has 0 aliphatic heterocycles. The maximum Gasteiger partial charge on any atom is 0.223 e. The van der Waals surface area contributed by atoms with Crippen LogP contribution in [0.4, 0.5) is 0 Å². The lowest BCUT2D eigenvalue weighted by Gasteiger charge is -2.23. The van der Waals surface area contributed by atoms with Crippen molar-refractivity contribution in [1.82, 2.24) is 5.32 Å². The van der Waals surface area contributed by atoms with Gasteiger partial charge in [-0.2, -0.15) is 0 Å². The van der Waals surface area contributed by atoms with Gasteiger partial charge in [0, 0.05) is 12.5 Å². The fourth-order valence-corrected chi connectivity index (χ4v) is 2.40. The van der Waals surface area contributed by atoms with Crippen LogP contribution in [0.15, 0.2) is 41.5 Å². The Balaban J connectivity index is 1.86. The molecule has 96 valence electrons. The molecule has 1 aliphatic rings. The van der Waals surface area contributed by atoms with Gasteiger partial charge in [-0.25, -0.2) is 0 Å². The van der Waals surface area contributed by atoms with Crippen LogP contribution < -0.4 is 5.32 Å². The quantitative estimate of drug-likeness (QED) is 0.810. The first-order valence-electron chi connectivity index (χ1n) is 6.63. The minimum Gasteiger partial charge on any atom is -0.352 e. The highest BCUT2D eigenvalue weighted by Gasteiger charge is 2.22. The normalized spacial score (nSPS) is 19.8. The van der Waals surface area contributed by atoms with Crippen molar-refractivity contribution in [3.8, 4) is 0 Å². The topological polar surface area (TPSA) is 29.1 Å². The van der Waals surface area contributed by atoms with Crippen molar-refractivity contribution in [2.45, 2.75) is 39.7 Å². The molecule has 1 amide bonds. The van der Waals surface area contributed by atoms with Crippen molar-refractivity contribution in [2.24, 2.45) is 5.92 Å². The number of amides is 1. The van der Waals surface area contributed by atoms with E-state index in [1.54, 1.807) is 0 Å². The standard InChI is InChI=1S/C16H21NO/c1-12-8-9-15(10-13(12)2)16(18)17-11-14-6-4-3-5-7-14/h3-7,15H,8-11H2,1-2H3,(H,17,18)/t15-/m1/s1. The predicted octanol–water partition coefficient (Wildman–Crippen LogP) is 3.44. The van der Waals surface area contributed by atoms with Gasteiger partial charge in [-0.1, -0.05) is 41.5 Å². The van der Waals surface area contributed by atoms with Crippen LogP contribution in [0.1, 0.15) is 38.7 Å². The van der Waals surface area contributed by atoms with E-state index in [9.17, 15) is 4.79 Å². The molecule has 2 nitrogen and oxygen atoms in total. The van der Waals surface area contributed by atoms with Crippen molar-refractivity contribution in [3.63, 3.8) is 0 Å². The van der Waals surface area contributed by atoms with E-state index in [2.05, 4.69) is 19.2 Å². The summed E-state index contributed by atoms with van der Waals surface area (Å²) >= 11 is 0. The largest absolute Gasteiger partial charge is 0.352 e. The zero-order valence-electron chi connectivity index (χ0n) is 11.2. The molecule has 0 saturated heterocycles. The molecular formula is C16H21NO. The zero-order chi connectivity index (χ0) is 13.0. The van der Waals surface area contributed by atoms with Gasteiger partial charge in [0.25, 0.3) is 0 Å². The van der Waals surface area contributed by atoms with E-state index in [0.717, 1.165) is 24.8 Å². The lowest BCUT2D eigenvalue weighted by Crippen LogP contribution is -2.31. The van der Waals surface area contributed by atoms with Gasteiger partial charge in [-0.3, -0.25) is 4.79 Å². The second-order valence-electron chi connectivity index (χ2n) is 5.20. The number of allylic oxidation sites excluding steroid dienone is 2. The predicted molar refractivity (Wildman–Crippen MR) is 74.0 cm³/mol. The maximum absolute atomic E-state index is 12.1. The highest BCUT2D eigenvalue weighted by atomic mass is 16.1. The van der Waals surface area contributed by atoms with E-state index >= 15 is 0 Å². The number of carbonyl (C=O) groups is 1. The molecule has 0 aromatic heterocycles. The van der Waals surface area contributed by atoms with Gasteiger partial charge in [0.15, 0.2) is 0 Å². The summed E-state index contributed by atoms with van der Waals surface area (Å²) in [7, 11) is 0. The average molecular weight is 243 g/mol. The van der Waals surface area contributed by atoms with E-state index in [1.807, 2.05) is 30.3 Å². The van der Waals surface area contributed by atoms with Crippen molar-refractivity contribution < 1.29 is 4.79 Å². The zero-order valence-corrected chi connectivity index (χ0v) is 11.2. The van der Waals surface area contributed by atoms with Gasteiger partial charge in [-0.05, 0) is 38.7 Å². The SMILES string of the molecule is CC1=C(C)C[C@H](C(=O)NCc2ccccc2)CC1. The number of nitrogens with one attached hydrogen (secondary N) is 1. The Morgan fingerprint density at radius 3 is 2.61 bits per heavy atom. The number of benzene rings is 1. The molecule has 1 N–H and O–H groups in total. The van der Waals surface area contributed by atoms with E-state index < -0.39 is 0 Å². The van der Waals surface area contributed by atoms with Crippen LogP contribution in [0, 0.1) is 5.92 Å². The fraction of sp³-hybridized carbons (Fsp3) is 0.438. The third-order valence-corrected chi connectivity index (χ3v) is 3.83. The average Bonchev–Trinajstić information content (AvgIpc) is 2.40. The Hall–Kier alpha value is -1.57. The first-order chi connectivity index (χ1) is 8.66. The van der Waals surface area contributed by atoms with Crippen LogP contribution in [-0.2, 0) is 11.3 Å². The summed E-state index contributed by atoms with van der Waals surface area (Å²) in [6.07, 6.45) is 2.98. The number of hydrogen-bond donors (Lipinski definition) is 1. The Labute approximate surface area is 109 Å². The van der Waals surface area contributed by atoms with E-state index in [-0.39, 0.29) is 11.8 Å². The first kappa shape index (κ1) is 12.9. The number of rotatable bonds is 3. The van der Waals surface area contributed by atoms with Crippen molar-refractivity contribution in [1.29, 1.82) is 0 Å². The second-order valence-corrected chi connectivity index (χ2v) is 5.20. The Morgan fingerprint density at radius 1 is 1.22 bits per heavy atom. The van der Waals surface area contributed by atoms with Gasteiger partial charge in [0.2, 0.25) is 5.91 Å². The lowest BCUT2D eigenvalue weighted by atomic mass is 9.84. The van der Waals surface area contributed by atoms with Crippen LogP contribution in [0.25, 0.3) is 0 Å². The summed E-state index contributed by atoms with van der Waals surface area (Å²) in [5.41, 5.74) is 4.01. The van der Waals surface area contributed by atoms with E-state index in [4.69, 9.17) is 0 Å². The summed E-state index contributed by atoms with van der Waals surface area (Å²) in [6.45, 7) is 4.96. The monoisotopic (exact) mass is 243 g/mol. The van der Waals surface area contributed by atoms with Gasteiger partial charge in [0.05, 0.1) is 0 Å². The molecule has 0 fully saturated rings. The molecule has 2 heteroatoms. The molecule has 18 heavy (non-hydrogen) atoms. The molecule has 2 rings (SSSR count). The van der Waals surface area contributed by atoms with E-state index in [0.29, 0.717) is 6.54 Å². The molecule has 0 unspecified atom stereocenters. The molecule has 1 aliphatic carbocycles. The molecule has 0 radical (unpaired) electrons. The number of hydrogen-bond acceptors (Lipinski definition) is 1. The summed E-state index contributed by atoms with van der Waals surface area (Å²) in [4.78, 5) is 12.1. The minimum atomic E-state index is 0.164. The van der Waals surface area contributed by atoms with Crippen LogP contribution in [-0.4, -0.2) is 5.91 Å². The molecular weight excluding hydrogens is 222 g/mol. The molecule has 1 aromatic carbocycles. The highest BCUT2D eigenvalue weighted by molar-refractivity contribution is 5.79. The van der Waals surface area contributed by atoms with Crippen LogP contribution in [0.5, 0.6) is 0 Å². The maximum atomic E-state index is 12.1. The summed E-state index contributed by atoms with van der Waals surface area (Å²) in [5, 5.41) is 3.04. The molecule has 1 aromatic rings. The molecule has 0 bridgehead atoms. The van der Waals surface area contributed by atoms with Crippen LogP contribution >= 0.6 is 0 Å². The number of carbonyl (C=O) groups excluding carboxylic acids is 1. The minimum absolute atomic E-state index is 0.164. The molecule has 0 saturated carbocycles. The first-order valence-corrected chi connectivity index (χ1v) is 6.63. The van der Waals surface area contributed by atoms with Crippen LogP contribution in [0.3, 0.4) is 0 Å². The van der Waals surface area contributed by atoms with Crippen molar-refractivity contribution >= 4 is 5.91 Å². The second kappa shape index (κ2) is 5.85. The van der Waals surface area contributed by atoms with E-state index in [1.165, 1.54) is 11.1 Å². The Kier molecular flexibility index (Phi) is 4.19. The Bertz CT molecular complexity index is 447. The summed E-state index contributed by atoms with van der Waals surface area (Å²) in [6, 6.07) is 10.1.